The van der Waals surface area contributed by atoms with E-state index in [2.05, 4.69) is 0 Å². The second kappa shape index (κ2) is 8.98. The van der Waals surface area contributed by atoms with Crippen LogP contribution in [0.1, 0.15) is 5.56 Å². The second-order valence-electron chi connectivity index (χ2n) is 3.51. The van der Waals surface area contributed by atoms with Gasteiger partial charge in [-0.25, -0.2) is 0 Å². The van der Waals surface area contributed by atoms with E-state index < -0.39 is 0 Å². The van der Waals surface area contributed by atoms with E-state index in [1.807, 2.05) is 24.3 Å². The summed E-state index contributed by atoms with van der Waals surface area (Å²) in [5, 5.41) is 0. The molecule has 0 aliphatic heterocycles. The fourth-order valence-corrected chi connectivity index (χ4v) is 1.27. The number of rotatable bonds is 9. The van der Waals surface area contributed by atoms with Crippen LogP contribution in [0.15, 0.2) is 24.3 Å². The molecule has 1 aromatic carbocycles. The van der Waals surface area contributed by atoms with Crippen molar-refractivity contribution in [1.82, 2.24) is 0 Å². The van der Waals surface area contributed by atoms with E-state index in [-0.39, 0.29) is 0 Å². The van der Waals surface area contributed by atoms with E-state index in [1.165, 1.54) is 0 Å². The molecule has 0 fully saturated rings. The standard InChI is InChI=1S/C13H20O4/c1-14-7-8-16-9-10-17-11-12-3-5-13(15-2)6-4-12/h3-6H,7-11H2,1-2H3. The van der Waals surface area contributed by atoms with E-state index in [0.29, 0.717) is 33.0 Å². The van der Waals surface area contributed by atoms with E-state index in [9.17, 15) is 0 Å². The fourth-order valence-electron chi connectivity index (χ4n) is 1.27. The Kier molecular flexibility index (Phi) is 7.38. The molecule has 0 heterocycles. The van der Waals surface area contributed by atoms with Gasteiger partial charge in [0.1, 0.15) is 5.75 Å². The maximum absolute atomic E-state index is 5.47. The highest BCUT2D eigenvalue weighted by Crippen LogP contribution is 2.11. The van der Waals surface area contributed by atoms with Gasteiger partial charge in [-0.15, -0.1) is 0 Å². The Bertz CT molecular complexity index is 284. The van der Waals surface area contributed by atoms with Gasteiger partial charge in [0.05, 0.1) is 40.1 Å². The lowest BCUT2D eigenvalue weighted by atomic mass is 10.2. The highest BCUT2D eigenvalue weighted by Gasteiger charge is 1.95. The first-order valence-corrected chi connectivity index (χ1v) is 5.64. The first kappa shape index (κ1) is 14.0. The summed E-state index contributed by atoms with van der Waals surface area (Å²) in [5.74, 6) is 0.858. The topological polar surface area (TPSA) is 36.9 Å². The molecule has 4 nitrogen and oxygen atoms in total. The third kappa shape index (κ3) is 6.26. The number of hydrogen-bond acceptors (Lipinski definition) is 4. The van der Waals surface area contributed by atoms with Gasteiger partial charge < -0.3 is 18.9 Å². The van der Waals surface area contributed by atoms with Crippen LogP contribution in [0.2, 0.25) is 0 Å². The second-order valence-corrected chi connectivity index (χ2v) is 3.51. The minimum Gasteiger partial charge on any atom is -0.497 e. The molecule has 0 bridgehead atoms. The Balaban J connectivity index is 2.05. The van der Waals surface area contributed by atoms with Crippen LogP contribution in [-0.2, 0) is 20.8 Å². The summed E-state index contributed by atoms with van der Waals surface area (Å²) in [6.45, 7) is 3.02. The Labute approximate surface area is 102 Å². The summed E-state index contributed by atoms with van der Waals surface area (Å²) in [5.41, 5.74) is 1.13. The van der Waals surface area contributed by atoms with E-state index >= 15 is 0 Å². The van der Waals surface area contributed by atoms with Crippen LogP contribution >= 0.6 is 0 Å². The van der Waals surface area contributed by atoms with Gasteiger partial charge in [-0.05, 0) is 17.7 Å². The van der Waals surface area contributed by atoms with E-state index in [0.717, 1.165) is 11.3 Å². The maximum Gasteiger partial charge on any atom is 0.118 e. The highest BCUT2D eigenvalue weighted by atomic mass is 16.5. The number of benzene rings is 1. The first-order chi connectivity index (χ1) is 8.36. The smallest absolute Gasteiger partial charge is 0.118 e. The van der Waals surface area contributed by atoms with Crippen molar-refractivity contribution in [3.05, 3.63) is 29.8 Å². The summed E-state index contributed by atoms with van der Waals surface area (Å²) < 4.78 is 20.7. The monoisotopic (exact) mass is 240 g/mol. The molecule has 0 radical (unpaired) electrons. The van der Waals surface area contributed by atoms with Crippen molar-refractivity contribution in [2.75, 3.05) is 40.6 Å². The quantitative estimate of drug-likeness (QED) is 0.617. The van der Waals surface area contributed by atoms with Crippen LogP contribution in [0.5, 0.6) is 5.75 Å². The molecule has 0 aromatic heterocycles. The highest BCUT2D eigenvalue weighted by molar-refractivity contribution is 5.26. The van der Waals surface area contributed by atoms with Crippen molar-refractivity contribution in [3.63, 3.8) is 0 Å². The van der Waals surface area contributed by atoms with Crippen molar-refractivity contribution in [2.24, 2.45) is 0 Å². The molecule has 0 unspecified atom stereocenters. The Morgan fingerprint density at radius 2 is 1.47 bits per heavy atom. The van der Waals surface area contributed by atoms with Gasteiger partial charge in [0.15, 0.2) is 0 Å². The normalized spacial score (nSPS) is 10.5. The molecule has 0 amide bonds. The van der Waals surface area contributed by atoms with Crippen molar-refractivity contribution >= 4 is 0 Å². The molecule has 96 valence electrons. The average Bonchev–Trinajstić information content (AvgIpc) is 2.38. The summed E-state index contributed by atoms with van der Waals surface area (Å²) >= 11 is 0. The van der Waals surface area contributed by atoms with Crippen molar-refractivity contribution in [2.45, 2.75) is 6.61 Å². The Hall–Kier alpha value is -1.10. The number of methoxy groups -OCH3 is 2. The zero-order valence-electron chi connectivity index (χ0n) is 10.5. The van der Waals surface area contributed by atoms with E-state index in [4.69, 9.17) is 18.9 Å². The minimum absolute atomic E-state index is 0.593. The molecule has 1 aromatic rings. The van der Waals surface area contributed by atoms with Gasteiger partial charge in [-0.3, -0.25) is 0 Å². The van der Waals surface area contributed by atoms with Crippen LogP contribution in [0, 0.1) is 0 Å². The van der Waals surface area contributed by atoms with Gasteiger partial charge in [-0.1, -0.05) is 12.1 Å². The average molecular weight is 240 g/mol. The lowest BCUT2D eigenvalue weighted by molar-refractivity contribution is 0.0199. The van der Waals surface area contributed by atoms with Gasteiger partial charge >= 0.3 is 0 Å². The zero-order valence-corrected chi connectivity index (χ0v) is 10.5. The molecule has 1 rings (SSSR count). The third-order valence-electron chi connectivity index (χ3n) is 2.23. The minimum atomic E-state index is 0.593. The van der Waals surface area contributed by atoms with Crippen molar-refractivity contribution in [1.29, 1.82) is 0 Å². The lowest BCUT2D eigenvalue weighted by Crippen LogP contribution is -2.08. The van der Waals surface area contributed by atoms with Gasteiger partial charge in [0, 0.05) is 7.11 Å². The molecule has 4 heteroatoms. The summed E-state index contributed by atoms with van der Waals surface area (Å²) in [7, 11) is 3.31. The molecule has 0 N–H and O–H groups in total. The van der Waals surface area contributed by atoms with Crippen molar-refractivity contribution < 1.29 is 18.9 Å². The molecule has 0 aliphatic carbocycles. The van der Waals surface area contributed by atoms with Crippen LogP contribution in [0.4, 0.5) is 0 Å². The molecular formula is C13H20O4. The number of hydrogen-bond donors (Lipinski definition) is 0. The fraction of sp³-hybridized carbons (Fsp3) is 0.538. The molecule has 0 saturated carbocycles. The Morgan fingerprint density at radius 1 is 0.824 bits per heavy atom. The zero-order chi connectivity index (χ0) is 12.3. The Morgan fingerprint density at radius 3 is 2.12 bits per heavy atom. The molecule has 0 aliphatic rings. The SMILES string of the molecule is COCCOCCOCc1ccc(OC)cc1. The maximum atomic E-state index is 5.47. The molecule has 0 spiro atoms. The predicted octanol–water partition coefficient (Wildman–Crippen LogP) is 1.87. The third-order valence-corrected chi connectivity index (χ3v) is 2.23. The molecular weight excluding hydrogens is 220 g/mol. The van der Waals surface area contributed by atoms with Gasteiger partial charge in [-0.2, -0.15) is 0 Å². The van der Waals surface area contributed by atoms with E-state index in [1.54, 1.807) is 14.2 Å². The first-order valence-electron chi connectivity index (χ1n) is 5.64. The summed E-state index contributed by atoms with van der Waals surface area (Å²) in [6, 6.07) is 7.83. The molecule has 0 atom stereocenters. The van der Waals surface area contributed by atoms with Crippen LogP contribution in [0.25, 0.3) is 0 Å². The largest absolute Gasteiger partial charge is 0.497 e. The lowest BCUT2D eigenvalue weighted by Gasteiger charge is -2.06. The number of ether oxygens (including phenoxy) is 4. The van der Waals surface area contributed by atoms with Crippen LogP contribution < -0.4 is 4.74 Å². The van der Waals surface area contributed by atoms with Crippen LogP contribution in [-0.4, -0.2) is 40.6 Å². The predicted molar refractivity (Wildman–Crippen MR) is 65.3 cm³/mol. The molecule has 17 heavy (non-hydrogen) atoms. The van der Waals surface area contributed by atoms with Gasteiger partial charge in [0.2, 0.25) is 0 Å². The summed E-state index contributed by atoms with van der Waals surface area (Å²) in [4.78, 5) is 0. The van der Waals surface area contributed by atoms with Crippen molar-refractivity contribution in [3.8, 4) is 5.75 Å². The molecule has 0 saturated heterocycles. The van der Waals surface area contributed by atoms with Crippen LogP contribution in [0.3, 0.4) is 0 Å². The summed E-state index contributed by atoms with van der Waals surface area (Å²) in [6.07, 6.45) is 0. The van der Waals surface area contributed by atoms with Gasteiger partial charge in [0.25, 0.3) is 0 Å².